The van der Waals surface area contributed by atoms with E-state index in [-0.39, 0.29) is 17.4 Å². The molecule has 0 bridgehead atoms. The summed E-state index contributed by atoms with van der Waals surface area (Å²) in [6.07, 6.45) is 6.58. The van der Waals surface area contributed by atoms with Crippen molar-refractivity contribution in [1.29, 1.82) is 0 Å². The van der Waals surface area contributed by atoms with Crippen molar-refractivity contribution in [2.45, 2.75) is 51.5 Å². The quantitative estimate of drug-likeness (QED) is 0.832. The molecule has 1 aliphatic rings. The molecule has 0 unspecified atom stereocenters. The Morgan fingerprint density at radius 2 is 2.11 bits per heavy atom. The number of amides is 1. The molecule has 3 nitrogen and oxygen atoms in total. The van der Waals surface area contributed by atoms with Crippen LogP contribution in [0, 0.1) is 5.41 Å². The predicted molar refractivity (Wildman–Crippen MR) is 80.1 cm³/mol. The molecule has 1 aromatic heterocycles. The highest BCUT2D eigenvalue weighted by Gasteiger charge is 2.37. The number of carbonyl (C=O) groups is 1. The standard InChI is InChI=1S/C15H24N2OS/c1-12(13-7-6-10-19-13)17-14(18)15(11-16)8-4-2-3-5-9-15/h6-7,10,12H,2-5,8-9,11,16H2,1H3,(H,17,18)/t12-/m1/s1. The molecule has 0 aliphatic heterocycles. The number of carbonyl (C=O) groups excluding carboxylic acids is 1. The van der Waals surface area contributed by atoms with Crippen LogP contribution in [0.5, 0.6) is 0 Å². The van der Waals surface area contributed by atoms with Gasteiger partial charge in [0.05, 0.1) is 11.5 Å². The molecule has 1 heterocycles. The van der Waals surface area contributed by atoms with Crippen molar-refractivity contribution < 1.29 is 4.79 Å². The van der Waals surface area contributed by atoms with Gasteiger partial charge in [0.2, 0.25) is 5.91 Å². The molecular weight excluding hydrogens is 256 g/mol. The molecule has 2 rings (SSSR count). The van der Waals surface area contributed by atoms with Crippen molar-refractivity contribution in [3.05, 3.63) is 22.4 Å². The van der Waals surface area contributed by atoms with Crippen LogP contribution in [0.25, 0.3) is 0 Å². The molecular formula is C15H24N2OS. The summed E-state index contributed by atoms with van der Waals surface area (Å²) in [5.74, 6) is 0.151. The second-order valence-corrected chi connectivity index (χ2v) is 6.59. The van der Waals surface area contributed by atoms with Crippen LogP contribution in [0.2, 0.25) is 0 Å². The Morgan fingerprint density at radius 3 is 2.63 bits per heavy atom. The molecule has 4 heteroatoms. The summed E-state index contributed by atoms with van der Waals surface area (Å²) in [6, 6.07) is 4.17. The van der Waals surface area contributed by atoms with Crippen LogP contribution in [-0.4, -0.2) is 12.5 Å². The van der Waals surface area contributed by atoms with Crippen LogP contribution in [0.3, 0.4) is 0 Å². The van der Waals surface area contributed by atoms with Crippen LogP contribution in [0.1, 0.15) is 56.4 Å². The summed E-state index contributed by atoms with van der Waals surface area (Å²) < 4.78 is 0. The SMILES string of the molecule is C[C@@H](NC(=O)C1(CN)CCCCCC1)c1cccs1. The number of hydrogen-bond donors (Lipinski definition) is 2. The van der Waals surface area contributed by atoms with E-state index in [1.165, 1.54) is 17.7 Å². The first-order valence-electron chi connectivity index (χ1n) is 7.22. The molecule has 1 atom stereocenters. The van der Waals surface area contributed by atoms with Gasteiger partial charge in [0, 0.05) is 11.4 Å². The first-order valence-corrected chi connectivity index (χ1v) is 8.10. The minimum atomic E-state index is -0.331. The molecule has 1 saturated carbocycles. The predicted octanol–water partition coefficient (Wildman–Crippen LogP) is 3.22. The summed E-state index contributed by atoms with van der Waals surface area (Å²) in [4.78, 5) is 13.8. The molecule has 1 amide bonds. The van der Waals surface area contributed by atoms with E-state index in [1.54, 1.807) is 11.3 Å². The van der Waals surface area contributed by atoms with E-state index in [2.05, 4.69) is 11.4 Å². The minimum Gasteiger partial charge on any atom is -0.348 e. The van der Waals surface area contributed by atoms with Gasteiger partial charge in [0.1, 0.15) is 0 Å². The molecule has 19 heavy (non-hydrogen) atoms. The van der Waals surface area contributed by atoms with Gasteiger partial charge in [-0.25, -0.2) is 0 Å². The Balaban J connectivity index is 2.03. The van der Waals surface area contributed by atoms with Crippen LogP contribution in [0.4, 0.5) is 0 Å². The lowest BCUT2D eigenvalue weighted by molar-refractivity contribution is -0.132. The average Bonchev–Trinajstić information content (AvgIpc) is 2.84. The molecule has 1 fully saturated rings. The van der Waals surface area contributed by atoms with E-state index in [0.29, 0.717) is 6.54 Å². The van der Waals surface area contributed by atoms with Crippen LogP contribution in [0.15, 0.2) is 17.5 Å². The summed E-state index contributed by atoms with van der Waals surface area (Å²) in [7, 11) is 0. The van der Waals surface area contributed by atoms with Gasteiger partial charge < -0.3 is 11.1 Å². The zero-order valence-corrected chi connectivity index (χ0v) is 12.5. The molecule has 0 saturated heterocycles. The smallest absolute Gasteiger partial charge is 0.227 e. The van der Waals surface area contributed by atoms with Crippen molar-refractivity contribution in [2.24, 2.45) is 11.1 Å². The Morgan fingerprint density at radius 1 is 1.42 bits per heavy atom. The lowest BCUT2D eigenvalue weighted by Crippen LogP contribution is -2.46. The number of nitrogens with two attached hydrogens (primary N) is 1. The van der Waals surface area contributed by atoms with Crippen LogP contribution >= 0.6 is 11.3 Å². The van der Waals surface area contributed by atoms with Crippen molar-refractivity contribution in [3.63, 3.8) is 0 Å². The van der Waals surface area contributed by atoms with E-state index in [1.807, 2.05) is 18.4 Å². The Kier molecular flexibility index (Phi) is 4.99. The van der Waals surface area contributed by atoms with Crippen LogP contribution < -0.4 is 11.1 Å². The second kappa shape index (κ2) is 6.53. The zero-order chi connectivity index (χ0) is 13.7. The van der Waals surface area contributed by atoms with E-state index < -0.39 is 0 Å². The summed E-state index contributed by atoms with van der Waals surface area (Å²) >= 11 is 1.68. The van der Waals surface area contributed by atoms with Gasteiger partial charge in [-0.3, -0.25) is 4.79 Å². The Hall–Kier alpha value is -0.870. The fourth-order valence-corrected chi connectivity index (χ4v) is 3.62. The average molecular weight is 280 g/mol. The lowest BCUT2D eigenvalue weighted by atomic mass is 9.79. The summed E-state index contributed by atoms with van der Waals surface area (Å²) in [6.45, 7) is 2.51. The molecule has 0 spiro atoms. The van der Waals surface area contributed by atoms with Crippen molar-refractivity contribution in [2.75, 3.05) is 6.54 Å². The highest BCUT2D eigenvalue weighted by Crippen LogP contribution is 2.35. The normalized spacial score (nSPS) is 20.5. The molecule has 106 valence electrons. The fourth-order valence-electron chi connectivity index (χ4n) is 2.89. The third-order valence-electron chi connectivity index (χ3n) is 4.25. The minimum absolute atomic E-state index is 0.0826. The fraction of sp³-hybridized carbons (Fsp3) is 0.667. The Labute approximate surface area is 119 Å². The van der Waals surface area contributed by atoms with E-state index in [9.17, 15) is 4.79 Å². The van der Waals surface area contributed by atoms with Gasteiger partial charge in [-0.05, 0) is 31.2 Å². The van der Waals surface area contributed by atoms with E-state index in [4.69, 9.17) is 5.73 Å². The maximum atomic E-state index is 12.6. The van der Waals surface area contributed by atoms with Gasteiger partial charge in [0.15, 0.2) is 0 Å². The van der Waals surface area contributed by atoms with Gasteiger partial charge in [-0.15, -0.1) is 11.3 Å². The molecule has 0 aromatic carbocycles. The number of thiophene rings is 1. The summed E-state index contributed by atoms with van der Waals surface area (Å²) in [5.41, 5.74) is 5.61. The largest absolute Gasteiger partial charge is 0.348 e. The van der Waals surface area contributed by atoms with Crippen molar-refractivity contribution >= 4 is 17.2 Å². The third-order valence-corrected chi connectivity index (χ3v) is 5.31. The highest BCUT2D eigenvalue weighted by molar-refractivity contribution is 7.10. The summed E-state index contributed by atoms with van der Waals surface area (Å²) in [5, 5.41) is 5.21. The molecule has 0 radical (unpaired) electrons. The van der Waals surface area contributed by atoms with Crippen molar-refractivity contribution in [3.8, 4) is 0 Å². The van der Waals surface area contributed by atoms with E-state index in [0.717, 1.165) is 25.7 Å². The molecule has 1 aromatic rings. The first kappa shape index (κ1) is 14.5. The third kappa shape index (κ3) is 3.37. The molecule has 3 N–H and O–H groups in total. The maximum Gasteiger partial charge on any atom is 0.227 e. The number of rotatable bonds is 4. The van der Waals surface area contributed by atoms with E-state index >= 15 is 0 Å². The van der Waals surface area contributed by atoms with Gasteiger partial charge >= 0.3 is 0 Å². The number of nitrogens with one attached hydrogen (secondary N) is 1. The second-order valence-electron chi connectivity index (χ2n) is 5.61. The molecule has 1 aliphatic carbocycles. The monoisotopic (exact) mass is 280 g/mol. The lowest BCUT2D eigenvalue weighted by Gasteiger charge is -2.31. The van der Waals surface area contributed by atoms with Gasteiger partial charge in [0.25, 0.3) is 0 Å². The van der Waals surface area contributed by atoms with Gasteiger partial charge in [-0.2, -0.15) is 0 Å². The van der Waals surface area contributed by atoms with Crippen molar-refractivity contribution in [1.82, 2.24) is 5.32 Å². The zero-order valence-electron chi connectivity index (χ0n) is 11.7. The van der Waals surface area contributed by atoms with Gasteiger partial charge in [-0.1, -0.05) is 31.7 Å². The highest BCUT2D eigenvalue weighted by atomic mass is 32.1. The Bertz CT molecular complexity index is 394. The topological polar surface area (TPSA) is 55.1 Å². The first-order chi connectivity index (χ1) is 9.18. The number of hydrogen-bond acceptors (Lipinski definition) is 3. The van der Waals surface area contributed by atoms with Crippen LogP contribution in [-0.2, 0) is 4.79 Å². The maximum absolute atomic E-state index is 12.6.